The van der Waals surface area contributed by atoms with Crippen molar-refractivity contribution in [3.63, 3.8) is 0 Å². The highest BCUT2D eigenvalue weighted by Crippen LogP contribution is 2.39. The predicted octanol–water partition coefficient (Wildman–Crippen LogP) is 0.230. The first-order valence-corrected chi connectivity index (χ1v) is 10.00. The summed E-state index contributed by atoms with van der Waals surface area (Å²) in [7, 11) is -2.52. The maximum Gasteiger partial charge on any atom is 0.289 e. The minimum atomic E-state index is -4.29. The van der Waals surface area contributed by atoms with Gasteiger partial charge in [-0.15, -0.1) is 0 Å². The van der Waals surface area contributed by atoms with Crippen molar-refractivity contribution in [1.29, 1.82) is 0 Å². The van der Waals surface area contributed by atoms with E-state index in [2.05, 4.69) is 5.32 Å². The largest absolute Gasteiger partial charge is 0.380 e. The lowest BCUT2D eigenvalue weighted by molar-refractivity contribution is -0.387. The topological polar surface area (TPSA) is 145 Å². The number of rotatable bonds is 10. The Morgan fingerprint density at radius 1 is 1.41 bits per heavy atom. The Labute approximate surface area is 157 Å². The third kappa shape index (κ3) is 4.26. The van der Waals surface area contributed by atoms with E-state index >= 15 is 0 Å². The normalized spacial score (nSPS) is 20.6. The van der Waals surface area contributed by atoms with Crippen LogP contribution in [0, 0.1) is 10.1 Å². The average Bonchev–Trinajstić information content (AvgIpc) is 3.07. The number of benzene rings is 1. The molecule has 150 valence electrons. The predicted molar refractivity (Wildman–Crippen MR) is 97.5 cm³/mol. The van der Waals surface area contributed by atoms with E-state index < -0.39 is 37.0 Å². The molecule has 1 unspecified atom stereocenters. The molecule has 10 nitrogen and oxygen atoms in total. The second-order valence-electron chi connectivity index (χ2n) is 6.27. The van der Waals surface area contributed by atoms with E-state index in [0.29, 0.717) is 19.6 Å². The van der Waals surface area contributed by atoms with Crippen LogP contribution in [0.15, 0.2) is 29.2 Å². The van der Waals surface area contributed by atoms with Gasteiger partial charge in [0, 0.05) is 25.8 Å². The molecule has 0 bridgehead atoms. The molecule has 1 aromatic carbocycles. The molecule has 0 aromatic heterocycles. The van der Waals surface area contributed by atoms with Crippen molar-refractivity contribution in [1.82, 2.24) is 9.62 Å². The SMILES string of the molecule is CNCCOCCC1(C(N)=O)CCCN1S(=O)(=O)c1ccccc1[N+](=O)[O-]. The fourth-order valence-electron chi connectivity index (χ4n) is 3.29. The van der Waals surface area contributed by atoms with Gasteiger partial charge in [-0.3, -0.25) is 14.9 Å². The minimum Gasteiger partial charge on any atom is -0.380 e. The number of ether oxygens (including phenoxy) is 1. The molecule has 1 aromatic rings. The van der Waals surface area contributed by atoms with Crippen molar-refractivity contribution in [3.8, 4) is 0 Å². The van der Waals surface area contributed by atoms with Crippen LogP contribution in [0.1, 0.15) is 19.3 Å². The summed E-state index contributed by atoms with van der Waals surface area (Å²) in [6, 6.07) is 5.08. The van der Waals surface area contributed by atoms with Crippen LogP contribution in [-0.2, 0) is 19.6 Å². The van der Waals surface area contributed by atoms with E-state index in [1.54, 1.807) is 7.05 Å². The zero-order valence-corrected chi connectivity index (χ0v) is 15.9. The average molecular weight is 400 g/mol. The Morgan fingerprint density at radius 2 is 2.11 bits per heavy atom. The highest BCUT2D eigenvalue weighted by Gasteiger charge is 2.52. The Hall–Kier alpha value is -2.08. The second-order valence-corrected chi connectivity index (χ2v) is 8.10. The Balaban J connectivity index is 2.36. The van der Waals surface area contributed by atoms with Gasteiger partial charge in [0.1, 0.15) is 5.54 Å². The van der Waals surface area contributed by atoms with Crippen molar-refractivity contribution in [2.45, 2.75) is 29.7 Å². The van der Waals surface area contributed by atoms with Crippen molar-refractivity contribution in [2.75, 3.05) is 33.4 Å². The first kappa shape index (κ1) is 21.2. The summed E-state index contributed by atoms with van der Waals surface area (Å²) >= 11 is 0. The smallest absolute Gasteiger partial charge is 0.289 e. The van der Waals surface area contributed by atoms with Gasteiger partial charge < -0.3 is 15.8 Å². The molecule has 2 rings (SSSR count). The number of nitrogens with one attached hydrogen (secondary N) is 1. The molecule has 0 spiro atoms. The lowest BCUT2D eigenvalue weighted by Gasteiger charge is -2.34. The molecule has 1 aliphatic rings. The van der Waals surface area contributed by atoms with Crippen LogP contribution in [0.3, 0.4) is 0 Å². The van der Waals surface area contributed by atoms with Crippen LogP contribution in [0.5, 0.6) is 0 Å². The maximum absolute atomic E-state index is 13.2. The van der Waals surface area contributed by atoms with Crippen LogP contribution in [0.4, 0.5) is 5.69 Å². The number of carbonyl (C=O) groups excluding carboxylic acids is 1. The summed E-state index contributed by atoms with van der Waals surface area (Å²) in [4.78, 5) is 22.3. The van der Waals surface area contributed by atoms with Gasteiger partial charge in [0.2, 0.25) is 5.91 Å². The zero-order chi connectivity index (χ0) is 20.1. The number of nitrogens with zero attached hydrogens (tertiary/aromatic N) is 2. The fourth-order valence-corrected chi connectivity index (χ4v) is 5.28. The molecule has 1 amide bonds. The van der Waals surface area contributed by atoms with Gasteiger partial charge in [-0.2, -0.15) is 4.31 Å². The van der Waals surface area contributed by atoms with Gasteiger partial charge in [-0.25, -0.2) is 8.42 Å². The monoisotopic (exact) mass is 400 g/mol. The van der Waals surface area contributed by atoms with Gasteiger partial charge in [0.05, 0.1) is 11.5 Å². The molecule has 27 heavy (non-hydrogen) atoms. The third-order valence-electron chi connectivity index (χ3n) is 4.67. The van der Waals surface area contributed by atoms with Crippen molar-refractivity contribution in [3.05, 3.63) is 34.4 Å². The number of nitrogens with two attached hydrogens (primary N) is 1. The number of hydrogen-bond donors (Lipinski definition) is 2. The van der Waals surface area contributed by atoms with E-state index in [-0.39, 0.29) is 26.0 Å². The summed E-state index contributed by atoms with van der Waals surface area (Å²) < 4.78 is 32.8. The van der Waals surface area contributed by atoms with Crippen molar-refractivity contribution in [2.24, 2.45) is 5.73 Å². The van der Waals surface area contributed by atoms with E-state index in [1.165, 1.54) is 18.2 Å². The highest BCUT2D eigenvalue weighted by molar-refractivity contribution is 7.89. The zero-order valence-electron chi connectivity index (χ0n) is 15.1. The van der Waals surface area contributed by atoms with E-state index in [9.17, 15) is 23.3 Å². The molecular weight excluding hydrogens is 376 g/mol. The summed E-state index contributed by atoms with van der Waals surface area (Å²) in [5.74, 6) is -0.778. The Morgan fingerprint density at radius 3 is 2.74 bits per heavy atom. The van der Waals surface area contributed by atoms with Crippen LogP contribution < -0.4 is 11.1 Å². The van der Waals surface area contributed by atoms with Crippen LogP contribution in [0.2, 0.25) is 0 Å². The molecule has 1 fully saturated rings. The van der Waals surface area contributed by atoms with Gasteiger partial charge >= 0.3 is 0 Å². The second kappa shape index (κ2) is 8.74. The van der Waals surface area contributed by atoms with Crippen LogP contribution >= 0.6 is 0 Å². The number of primary amides is 1. The van der Waals surface area contributed by atoms with Gasteiger partial charge in [-0.05, 0) is 32.4 Å². The Kier molecular flexibility index (Phi) is 6.87. The minimum absolute atomic E-state index is 0.0633. The number of carbonyl (C=O) groups is 1. The standard InChI is InChI=1S/C16H24N4O6S/c1-18-9-12-26-11-8-16(15(17)21)7-4-10-19(16)27(24,25)14-6-3-2-5-13(14)20(22)23/h2-3,5-6,18H,4,7-12H2,1H3,(H2,17,21). The van der Waals surface area contributed by atoms with Gasteiger partial charge in [0.25, 0.3) is 15.7 Å². The van der Waals surface area contributed by atoms with Gasteiger partial charge in [-0.1, -0.05) is 12.1 Å². The molecule has 0 saturated carbocycles. The lowest BCUT2D eigenvalue weighted by Crippen LogP contribution is -2.56. The summed E-state index contributed by atoms with van der Waals surface area (Å²) in [5.41, 5.74) is 3.60. The van der Waals surface area contributed by atoms with Crippen molar-refractivity contribution < 1.29 is 22.9 Å². The van der Waals surface area contributed by atoms with E-state index in [0.717, 1.165) is 10.4 Å². The molecule has 1 aliphatic heterocycles. The summed E-state index contributed by atoms with van der Waals surface area (Å²) in [6.45, 7) is 1.23. The first-order chi connectivity index (χ1) is 12.8. The first-order valence-electron chi connectivity index (χ1n) is 8.56. The van der Waals surface area contributed by atoms with Gasteiger partial charge in [0.15, 0.2) is 4.90 Å². The highest BCUT2D eigenvalue weighted by atomic mass is 32.2. The number of sulfonamides is 1. The molecule has 0 aliphatic carbocycles. The molecular formula is C16H24N4O6S. The van der Waals surface area contributed by atoms with E-state index in [1.807, 2.05) is 0 Å². The molecule has 1 atom stereocenters. The molecule has 0 radical (unpaired) electrons. The quantitative estimate of drug-likeness (QED) is 0.325. The number of amides is 1. The van der Waals surface area contributed by atoms with Crippen LogP contribution in [-0.4, -0.2) is 62.4 Å². The fraction of sp³-hybridized carbons (Fsp3) is 0.562. The lowest BCUT2D eigenvalue weighted by atomic mass is 9.93. The molecule has 1 heterocycles. The van der Waals surface area contributed by atoms with Crippen LogP contribution in [0.25, 0.3) is 0 Å². The number of nitro benzene ring substituents is 1. The Bertz CT molecular complexity index is 800. The molecule has 1 saturated heterocycles. The maximum atomic E-state index is 13.2. The molecule has 11 heteroatoms. The van der Waals surface area contributed by atoms with Crippen molar-refractivity contribution >= 4 is 21.6 Å². The summed E-state index contributed by atoms with van der Waals surface area (Å²) in [6.07, 6.45) is 0.767. The third-order valence-corrected chi connectivity index (χ3v) is 6.69. The number of likely N-dealkylation sites (N-methyl/N-ethyl adjacent to an activating group) is 1. The number of para-hydroxylation sites is 1. The number of hydrogen-bond acceptors (Lipinski definition) is 7. The number of nitro groups is 1. The molecule has 3 N–H and O–H groups in total. The summed E-state index contributed by atoms with van der Waals surface area (Å²) in [5, 5.41) is 14.2. The van der Waals surface area contributed by atoms with E-state index in [4.69, 9.17) is 10.5 Å².